The second kappa shape index (κ2) is 8.25. The largest absolute Gasteiger partial charge is 0.465 e. The van der Waals surface area contributed by atoms with Gasteiger partial charge in [-0.05, 0) is 76.0 Å². The second-order valence-electron chi connectivity index (χ2n) is 7.90. The summed E-state index contributed by atoms with van der Waals surface area (Å²) >= 11 is 0. The third-order valence-electron chi connectivity index (χ3n) is 5.54. The maximum Gasteiger partial charge on any atom is 0.273 e. The van der Waals surface area contributed by atoms with Gasteiger partial charge in [0.2, 0.25) is 0 Å². The summed E-state index contributed by atoms with van der Waals surface area (Å²) in [5, 5.41) is 6.92. The molecule has 0 aliphatic heterocycles. The van der Waals surface area contributed by atoms with Crippen LogP contribution in [0.3, 0.4) is 0 Å². The van der Waals surface area contributed by atoms with Gasteiger partial charge in [-0.25, -0.2) is 0 Å². The van der Waals surface area contributed by atoms with E-state index in [2.05, 4.69) is 22.6 Å². The minimum Gasteiger partial charge on any atom is -0.465 e. The fourth-order valence-electron chi connectivity index (χ4n) is 3.86. The van der Waals surface area contributed by atoms with Gasteiger partial charge < -0.3 is 14.3 Å². The summed E-state index contributed by atoms with van der Waals surface area (Å²) in [5.41, 5.74) is 4.04. The van der Waals surface area contributed by atoms with Crippen LogP contribution in [0.2, 0.25) is 0 Å². The van der Waals surface area contributed by atoms with E-state index < -0.39 is 0 Å². The van der Waals surface area contributed by atoms with E-state index in [0.717, 1.165) is 29.9 Å². The summed E-state index contributed by atoms with van der Waals surface area (Å²) in [6, 6.07) is 11.9. The van der Waals surface area contributed by atoms with Gasteiger partial charge in [0.15, 0.2) is 11.5 Å². The van der Waals surface area contributed by atoms with E-state index in [1.807, 2.05) is 44.1 Å². The monoisotopic (exact) mass is 393 g/mol. The highest BCUT2D eigenvalue weighted by molar-refractivity contribution is 5.93. The molecule has 29 heavy (non-hydrogen) atoms. The van der Waals surface area contributed by atoms with Gasteiger partial charge in [-0.2, -0.15) is 0 Å². The van der Waals surface area contributed by atoms with E-state index in [0.29, 0.717) is 12.3 Å². The van der Waals surface area contributed by atoms with Gasteiger partial charge in [0, 0.05) is 18.2 Å². The molecule has 0 spiro atoms. The fourth-order valence-corrected chi connectivity index (χ4v) is 3.86. The van der Waals surface area contributed by atoms with E-state index >= 15 is 0 Å². The molecule has 1 amide bonds. The summed E-state index contributed by atoms with van der Waals surface area (Å²) in [5.74, 6) is 2.04. The van der Waals surface area contributed by atoms with Crippen molar-refractivity contribution in [3.05, 3.63) is 64.7 Å². The zero-order valence-corrected chi connectivity index (χ0v) is 17.2. The first-order valence-corrected chi connectivity index (χ1v) is 10.1. The van der Waals surface area contributed by atoms with Crippen molar-refractivity contribution in [1.82, 2.24) is 15.4 Å². The third-order valence-corrected chi connectivity index (χ3v) is 5.54. The van der Waals surface area contributed by atoms with Gasteiger partial charge in [0.1, 0.15) is 11.5 Å². The van der Waals surface area contributed by atoms with Crippen molar-refractivity contribution in [3.63, 3.8) is 0 Å². The zero-order valence-electron chi connectivity index (χ0n) is 17.2. The molecule has 6 nitrogen and oxygen atoms in total. The minimum atomic E-state index is -0.256. The van der Waals surface area contributed by atoms with Gasteiger partial charge in [0.25, 0.3) is 5.91 Å². The molecule has 0 saturated carbocycles. The van der Waals surface area contributed by atoms with E-state index in [9.17, 15) is 4.79 Å². The predicted molar refractivity (Wildman–Crippen MR) is 111 cm³/mol. The van der Waals surface area contributed by atoms with Gasteiger partial charge in [-0.1, -0.05) is 17.3 Å². The molecule has 6 heteroatoms. The molecule has 1 aliphatic rings. The third kappa shape index (κ3) is 4.27. The lowest BCUT2D eigenvalue weighted by Gasteiger charge is -2.22. The number of amides is 1. The summed E-state index contributed by atoms with van der Waals surface area (Å²) in [4.78, 5) is 14.6. The quantitative estimate of drug-likeness (QED) is 0.681. The van der Waals surface area contributed by atoms with Gasteiger partial charge in [-0.3, -0.25) is 9.69 Å². The van der Waals surface area contributed by atoms with Crippen LogP contribution in [-0.2, 0) is 12.8 Å². The predicted octanol–water partition coefficient (Wildman–Crippen LogP) is 4.15. The number of rotatable bonds is 6. The van der Waals surface area contributed by atoms with Crippen LogP contribution in [0.15, 0.2) is 45.3 Å². The SMILES string of the molecule is Cc1ccc([C@@H](CNC(=O)c2cc(-c3ccc4c(c3)CCCC4)on2)N(C)C)o1. The first kappa shape index (κ1) is 19.5. The van der Waals surface area contributed by atoms with Crippen LogP contribution in [0, 0.1) is 6.92 Å². The number of fused-ring (bicyclic) bond motifs is 1. The molecule has 152 valence electrons. The van der Waals surface area contributed by atoms with Crippen LogP contribution in [-0.4, -0.2) is 36.6 Å². The van der Waals surface area contributed by atoms with Crippen LogP contribution >= 0.6 is 0 Å². The number of hydrogen-bond acceptors (Lipinski definition) is 5. The normalized spacial score (nSPS) is 14.6. The van der Waals surface area contributed by atoms with Crippen LogP contribution in [0.1, 0.15) is 52.0 Å². The Kier molecular flexibility index (Phi) is 5.53. The van der Waals surface area contributed by atoms with Crippen molar-refractivity contribution in [2.24, 2.45) is 0 Å². The number of carbonyl (C=O) groups excluding carboxylic acids is 1. The fraction of sp³-hybridized carbons (Fsp3) is 0.391. The Morgan fingerprint density at radius 2 is 1.93 bits per heavy atom. The number of nitrogens with zero attached hydrogens (tertiary/aromatic N) is 2. The molecule has 0 radical (unpaired) electrons. The Balaban J connectivity index is 1.44. The first-order chi connectivity index (χ1) is 14.0. The van der Waals surface area contributed by atoms with Crippen molar-refractivity contribution in [3.8, 4) is 11.3 Å². The molecule has 1 aromatic carbocycles. The number of aryl methyl sites for hydroxylation is 3. The average Bonchev–Trinajstić information content (AvgIpc) is 3.37. The van der Waals surface area contributed by atoms with Crippen molar-refractivity contribution < 1.29 is 13.7 Å². The molecule has 2 heterocycles. The number of furan rings is 1. The Hall–Kier alpha value is -2.86. The minimum absolute atomic E-state index is 0.0559. The van der Waals surface area contributed by atoms with Gasteiger partial charge >= 0.3 is 0 Å². The second-order valence-corrected chi connectivity index (χ2v) is 7.90. The molecule has 0 fully saturated rings. The topological polar surface area (TPSA) is 71.5 Å². The Morgan fingerprint density at radius 1 is 1.14 bits per heavy atom. The van der Waals surface area contributed by atoms with Crippen LogP contribution in [0.4, 0.5) is 0 Å². The van der Waals surface area contributed by atoms with Crippen LogP contribution < -0.4 is 5.32 Å². The number of benzene rings is 1. The highest BCUT2D eigenvalue weighted by Crippen LogP contribution is 2.28. The summed E-state index contributed by atoms with van der Waals surface area (Å²) in [6.45, 7) is 2.33. The lowest BCUT2D eigenvalue weighted by molar-refractivity contribution is 0.0930. The molecule has 2 aromatic heterocycles. The molecular formula is C23H27N3O3. The number of aromatic nitrogens is 1. The smallest absolute Gasteiger partial charge is 0.273 e. The van der Waals surface area contributed by atoms with Crippen LogP contribution in [0.25, 0.3) is 11.3 Å². The Bertz CT molecular complexity index is 1000. The molecular weight excluding hydrogens is 366 g/mol. The molecule has 1 N–H and O–H groups in total. The highest BCUT2D eigenvalue weighted by atomic mass is 16.5. The number of nitrogens with one attached hydrogen (secondary N) is 1. The average molecular weight is 393 g/mol. The van der Waals surface area contributed by atoms with Gasteiger partial charge in [0.05, 0.1) is 6.04 Å². The van der Waals surface area contributed by atoms with E-state index in [1.165, 1.54) is 24.0 Å². The summed E-state index contributed by atoms with van der Waals surface area (Å²) in [7, 11) is 3.91. The Morgan fingerprint density at radius 3 is 2.66 bits per heavy atom. The molecule has 1 aliphatic carbocycles. The van der Waals surface area contributed by atoms with Crippen molar-refractivity contribution in [2.45, 2.75) is 38.6 Å². The molecule has 0 unspecified atom stereocenters. The number of carbonyl (C=O) groups is 1. The number of likely N-dealkylation sites (N-methyl/N-ethyl adjacent to an activating group) is 1. The van der Waals surface area contributed by atoms with Gasteiger partial charge in [-0.15, -0.1) is 0 Å². The molecule has 0 bridgehead atoms. The van der Waals surface area contributed by atoms with Crippen molar-refractivity contribution in [2.75, 3.05) is 20.6 Å². The standard InChI is InChI=1S/C23H27N3O3/c1-15-8-11-21(28-15)20(26(2)3)14-24-23(27)19-13-22(29-25-19)18-10-9-16-6-4-5-7-17(16)12-18/h8-13,20H,4-7,14H2,1-3H3,(H,24,27)/t20-/m1/s1. The maximum atomic E-state index is 12.6. The molecule has 4 rings (SSSR count). The molecule has 0 saturated heterocycles. The maximum absolute atomic E-state index is 12.6. The summed E-state index contributed by atoms with van der Waals surface area (Å²) < 4.78 is 11.2. The van der Waals surface area contributed by atoms with E-state index in [-0.39, 0.29) is 17.6 Å². The van der Waals surface area contributed by atoms with Crippen molar-refractivity contribution in [1.29, 1.82) is 0 Å². The first-order valence-electron chi connectivity index (χ1n) is 10.1. The highest BCUT2D eigenvalue weighted by Gasteiger charge is 2.21. The van der Waals surface area contributed by atoms with Crippen molar-refractivity contribution >= 4 is 5.91 Å². The Labute approximate surface area is 170 Å². The lowest BCUT2D eigenvalue weighted by atomic mass is 9.90. The van der Waals surface area contributed by atoms with Crippen LogP contribution in [0.5, 0.6) is 0 Å². The molecule has 3 aromatic rings. The van der Waals surface area contributed by atoms with E-state index in [4.69, 9.17) is 8.94 Å². The number of hydrogen-bond donors (Lipinski definition) is 1. The molecule has 1 atom stereocenters. The van der Waals surface area contributed by atoms with E-state index in [1.54, 1.807) is 6.07 Å². The summed E-state index contributed by atoms with van der Waals surface area (Å²) in [6.07, 6.45) is 4.72. The zero-order chi connectivity index (χ0) is 20.4. The lowest BCUT2D eigenvalue weighted by Crippen LogP contribution is -2.34.